The predicted octanol–water partition coefficient (Wildman–Crippen LogP) is 2.39. The van der Waals surface area contributed by atoms with Crippen molar-refractivity contribution in [3.63, 3.8) is 0 Å². The summed E-state index contributed by atoms with van der Waals surface area (Å²) in [5, 5.41) is 12.6. The van der Waals surface area contributed by atoms with E-state index in [0.29, 0.717) is 79.4 Å². The Morgan fingerprint density at radius 1 is 1.00 bits per heavy atom. The molecule has 4 N–H and O–H groups in total. The van der Waals surface area contributed by atoms with Crippen molar-refractivity contribution in [3.05, 3.63) is 42.7 Å². The van der Waals surface area contributed by atoms with Gasteiger partial charge in [0, 0.05) is 49.9 Å². The van der Waals surface area contributed by atoms with Gasteiger partial charge >= 0.3 is 0 Å². The van der Waals surface area contributed by atoms with E-state index in [2.05, 4.69) is 36.1 Å². The average molecular weight is 724 g/mol. The summed E-state index contributed by atoms with van der Waals surface area (Å²) in [4.78, 5) is 53.2. The van der Waals surface area contributed by atoms with Crippen LogP contribution in [0.3, 0.4) is 0 Å². The van der Waals surface area contributed by atoms with E-state index < -0.39 is 33.6 Å². The van der Waals surface area contributed by atoms with Crippen LogP contribution in [0, 0.1) is 5.41 Å². The van der Waals surface area contributed by atoms with Crippen molar-refractivity contribution in [2.45, 2.75) is 63.6 Å². The molecule has 0 spiro atoms. The van der Waals surface area contributed by atoms with Crippen LogP contribution in [0.25, 0.3) is 10.9 Å². The second kappa shape index (κ2) is 15.5. The van der Waals surface area contributed by atoms with Crippen molar-refractivity contribution < 1.29 is 27.5 Å². The minimum atomic E-state index is -3.62. The van der Waals surface area contributed by atoms with Crippen LogP contribution in [-0.4, -0.2) is 122 Å². The number of carbonyl (C=O) groups is 3. The molecule has 16 heteroatoms. The van der Waals surface area contributed by atoms with Gasteiger partial charge in [0.15, 0.2) is 0 Å². The molecule has 2 fully saturated rings. The molecular weight excluding hydrogens is 675 g/mol. The number of nitrogens with zero attached hydrogens (tertiary/aromatic N) is 5. The fourth-order valence-electron chi connectivity index (χ4n) is 6.21. The molecule has 1 unspecified atom stereocenters. The number of ether oxygens (including phenoxy) is 1. The second-order valence-corrected chi connectivity index (χ2v) is 16.1. The Morgan fingerprint density at radius 2 is 1.69 bits per heavy atom. The maximum absolute atomic E-state index is 13.9. The minimum Gasteiger partial charge on any atom is -0.494 e. The first-order chi connectivity index (χ1) is 24.1. The van der Waals surface area contributed by atoms with E-state index >= 15 is 0 Å². The lowest BCUT2D eigenvalue weighted by molar-refractivity contribution is -0.143. The number of aromatic nitrogens is 2. The van der Waals surface area contributed by atoms with Gasteiger partial charge in [0.05, 0.1) is 29.3 Å². The van der Waals surface area contributed by atoms with Gasteiger partial charge in [-0.2, -0.15) is 4.31 Å². The van der Waals surface area contributed by atoms with Crippen LogP contribution in [0.2, 0.25) is 0 Å². The molecule has 0 bridgehead atoms. The van der Waals surface area contributed by atoms with Crippen LogP contribution >= 0.6 is 0 Å². The predicted molar refractivity (Wildman–Crippen MR) is 195 cm³/mol. The van der Waals surface area contributed by atoms with Crippen LogP contribution in [0.1, 0.15) is 40.5 Å². The summed E-state index contributed by atoms with van der Waals surface area (Å²) in [5.74, 6) is -0.194. The number of hydrogen-bond donors (Lipinski definition) is 4. The minimum absolute atomic E-state index is 0.211. The molecule has 3 amide bonds. The molecule has 0 aliphatic carbocycles. The maximum Gasteiger partial charge on any atom is 0.247 e. The maximum atomic E-state index is 13.9. The Labute approximate surface area is 299 Å². The summed E-state index contributed by atoms with van der Waals surface area (Å²) in [7, 11) is 1.52. The molecule has 51 heavy (non-hydrogen) atoms. The van der Waals surface area contributed by atoms with Crippen LogP contribution in [0.15, 0.2) is 47.6 Å². The van der Waals surface area contributed by atoms with Gasteiger partial charge in [-0.25, -0.2) is 18.4 Å². The molecule has 2 aliphatic rings. The Bertz CT molecular complexity index is 1860. The number of anilines is 3. The smallest absolute Gasteiger partial charge is 0.247 e. The quantitative estimate of drug-likeness (QED) is 0.228. The molecule has 15 nitrogen and oxygen atoms in total. The van der Waals surface area contributed by atoms with Crippen LogP contribution in [0.5, 0.6) is 5.75 Å². The van der Waals surface area contributed by atoms with Crippen molar-refractivity contribution in [1.82, 2.24) is 34.7 Å². The average Bonchev–Trinajstić information content (AvgIpc) is 3.60. The number of benzene rings is 2. The van der Waals surface area contributed by atoms with E-state index in [-0.39, 0.29) is 22.6 Å². The Morgan fingerprint density at radius 3 is 2.31 bits per heavy atom. The fraction of sp³-hybridized carbons (Fsp3) is 0.514. The number of methoxy groups -OCH3 is 1. The summed E-state index contributed by atoms with van der Waals surface area (Å²) in [6, 6.07) is 7.81. The van der Waals surface area contributed by atoms with Crippen LogP contribution in [-0.2, 0) is 24.4 Å². The van der Waals surface area contributed by atoms with Gasteiger partial charge in [-0.3, -0.25) is 14.4 Å². The van der Waals surface area contributed by atoms with Crippen LogP contribution < -0.4 is 26.0 Å². The third kappa shape index (κ3) is 8.41. The number of likely N-dealkylation sites (N-methyl/N-ethyl adjacent to an activating group) is 2. The largest absolute Gasteiger partial charge is 0.494 e. The van der Waals surface area contributed by atoms with Crippen LogP contribution in [0.4, 0.5) is 17.2 Å². The highest BCUT2D eigenvalue weighted by Crippen LogP contribution is 2.34. The number of rotatable bonds is 11. The fourth-order valence-corrected chi connectivity index (χ4v) is 7.63. The first-order valence-electron chi connectivity index (χ1n) is 17.1. The number of piperazine rings is 1. The number of nitrogens with one attached hydrogen (secondary N) is 4. The molecule has 0 saturated carbocycles. The standard InChI is InChI=1S/C35H49N9O6S/c1-22(36-5)32(45)41-30(35(2,3)4)34(47)44-14-8-9-28(44)33(46)40-27-19-25-26(20-29(27)50-7)37-21-38-31(25)39-23-10-12-24(13-11-23)51(48,49)43-17-15-42(6)16-18-43/h10-13,19-22,28,30,36H,8-9,14-18H2,1-7H3,(H,40,46)(H,41,45)(H,37,38,39)/t22-,28?,30+/m0/s1. The van der Waals surface area contributed by atoms with Gasteiger partial charge in [0.25, 0.3) is 0 Å². The second-order valence-electron chi connectivity index (χ2n) is 14.1. The molecular formula is C35H49N9O6S. The lowest BCUT2D eigenvalue weighted by Gasteiger charge is -2.36. The van der Waals surface area contributed by atoms with Gasteiger partial charge in [0.2, 0.25) is 27.7 Å². The summed E-state index contributed by atoms with van der Waals surface area (Å²) in [6.07, 6.45) is 2.49. The SMILES string of the molecule is CN[C@@H](C)C(=O)N[C@H](C(=O)N1CCCC1C(=O)Nc1cc2c(Nc3ccc(S(=O)(=O)N4CCN(C)CC4)cc3)ncnc2cc1OC)C(C)(C)C. The molecule has 2 aliphatic heterocycles. The normalized spacial score (nSPS) is 18.6. The lowest BCUT2D eigenvalue weighted by atomic mass is 9.85. The number of fused-ring (bicyclic) bond motifs is 1. The Hall–Kier alpha value is -4.38. The molecule has 3 heterocycles. The topological polar surface area (TPSA) is 178 Å². The molecule has 3 aromatic rings. The van der Waals surface area contributed by atoms with Gasteiger partial charge in [-0.15, -0.1) is 0 Å². The van der Waals surface area contributed by atoms with Gasteiger partial charge in [-0.1, -0.05) is 20.8 Å². The summed E-state index contributed by atoms with van der Waals surface area (Å²) in [6.45, 7) is 9.97. The van der Waals surface area contributed by atoms with Crippen molar-refractivity contribution in [3.8, 4) is 5.75 Å². The van der Waals surface area contributed by atoms with Gasteiger partial charge < -0.3 is 35.8 Å². The Kier molecular flexibility index (Phi) is 11.5. The third-order valence-electron chi connectivity index (χ3n) is 9.50. The Balaban J connectivity index is 1.36. The van der Waals surface area contributed by atoms with Gasteiger partial charge in [0.1, 0.15) is 30.0 Å². The van der Waals surface area contributed by atoms with E-state index in [1.807, 2.05) is 27.8 Å². The van der Waals surface area contributed by atoms with Crippen molar-refractivity contribution in [2.75, 3.05) is 64.6 Å². The van der Waals surface area contributed by atoms with E-state index in [9.17, 15) is 22.8 Å². The molecule has 2 saturated heterocycles. The zero-order valence-electron chi connectivity index (χ0n) is 30.3. The number of likely N-dealkylation sites (tertiary alicyclic amines) is 1. The molecule has 1 aromatic heterocycles. The van der Waals surface area contributed by atoms with Crippen molar-refractivity contribution >= 4 is 55.8 Å². The third-order valence-corrected chi connectivity index (χ3v) is 11.4. The molecule has 5 rings (SSSR count). The molecule has 0 radical (unpaired) electrons. The number of carbonyl (C=O) groups excluding carboxylic acids is 3. The summed E-state index contributed by atoms with van der Waals surface area (Å²) in [5.41, 5.74) is 0.921. The van der Waals surface area contributed by atoms with Gasteiger partial charge in [-0.05, 0) is 69.6 Å². The molecule has 2 aromatic carbocycles. The first kappa shape index (κ1) is 37.9. The van der Waals surface area contributed by atoms with E-state index in [1.165, 1.54) is 17.7 Å². The number of amides is 3. The summed E-state index contributed by atoms with van der Waals surface area (Å²) >= 11 is 0. The highest BCUT2D eigenvalue weighted by molar-refractivity contribution is 7.89. The van der Waals surface area contributed by atoms with Crippen molar-refractivity contribution in [2.24, 2.45) is 5.41 Å². The van der Waals surface area contributed by atoms with E-state index in [1.54, 1.807) is 55.3 Å². The summed E-state index contributed by atoms with van der Waals surface area (Å²) < 4.78 is 33.5. The van der Waals surface area contributed by atoms with Crippen molar-refractivity contribution in [1.29, 1.82) is 0 Å². The zero-order chi connectivity index (χ0) is 37.1. The number of sulfonamides is 1. The highest BCUT2D eigenvalue weighted by atomic mass is 32.2. The molecule has 276 valence electrons. The van der Waals surface area contributed by atoms with E-state index in [4.69, 9.17) is 4.74 Å². The molecule has 3 atom stereocenters. The zero-order valence-corrected chi connectivity index (χ0v) is 31.1. The van der Waals surface area contributed by atoms with E-state index in [0.717, 1.165) is 0 Å². The number of hydrogen-bond acceptors (Lipinski definition) is 11. The lowest BCUT2D eigenvalue weighted by Crippen LogP contribution is -2.59. The first-order valence-corrected chi connectivity index (χ1v) is 18.6. The highest BCUT2D eigenvalue weighted by Gasteiger charge is 2.42. The monoisotopic (exact) mass is 723 g/mol.